The third-order valence-corrected chi connectivity index (χ3v) is 1.99. The maximum absolute atomic E-state index is 4.29. The molecule has 2 rings (SSSR count). The van der Waals surface area contributed by atoms with Gasteiger partial charge in [0.1, 0.15) is 5.82 Å². The maximum Gasteiger partial charge on any atom is 0.139 e. The van der Waals surface area contributed by atoms with Gasteiger partial charge in [-0.3, -0.25) is 4.98 Å². The zero-order valence-corrected chi connectivity index (χ0v) is 9.51. The summed E-state index contributed by atoms with van der Waals surface area (Å²) in [5, 5.41) is 0. The summed E-state index contributed by atoms with van der Waals surface area (Å²) in [5.41, 5.74) is 1.11. The molecule has 0 atom stereocenters. The molecule has 0 amide bonds. The summed E-state index contributed by atoms with van der Waals surface area (Å²) in [7, 11) is 0. The lowest BCUT2D eigenvalue weighted by atomic mass is 10.2. The van der Waals surface area contributed by atoms with Crippen molar-refractivity contribution in [3.05, 3.63) is 36.9 Å². The van der Waals surface area contributed by atoms with Crippen LogP contribution in [0.5, 0.6) is 0 Å². The Morgan fingerprint density at radius 3 is 2.40 bits per heavy atom. The molecule has 0 radical (unpaired) electrons. The van der Waals surface area contributed by atoms with Crippen LogP contribution in [0, 0.1) is 0 Å². The van der Waals surface area contributed by atoms with Crippen LogP contribution in [0.1, 0.15) is 20.8 Å². The molecule has 2 heterocycles. The molecule has 15 heavy (non-hydrogen) atoms. The number of pyridine rings is 1. The van der Waals surface area contributed by atoms with E-state index in [1.165, 1.54) is 0 Å². The number of rotatable bonds is 2. The van der Waals surface area contributed by atoms with Crippen LogP contribution in [0.2, 0.25) is 0 Å². The first-order chi connectivity index (χ1) is 7.42. The van der Waals surface area contributed by atoms with Gasteiger partial charge in [0.2, 0.25) is 0 Å². The van der Waals surface area contributed by atoms with Crippen molar-refractivity contribution in [3.8, 4) is 11.4 Å². The van der Waals surface area contributed by atoms with Crippen LogP contribution in [0.4, 0.5) is 0 Å². The van der Waals surface area contributed by atoms with Gasteiger partial charge in [-0.15, -0.1) is 0 Å². The van der Waals surface area contributed by atoms with E-state index in [2.05, 4.69) is 21.5 Å². The van der Waals surface area contributed by atoms with Crippen LogP contribution in [0.3, 0.4) is 0 Å². The molecule has 0 spiro atoms. The van der Waals surface area contributed by atoms with E-state index in [0.717, 1.165) is 17.9 Å². The molecule has 0 aliphatic rings. The highest BCUT2D eigenvalue weighted by Crippen LogP contribution is 2.15. The van der Waals surface area contributed by atoms with Crippen LogP contribution in [0.15, 0.2) is 36.9 Å². The molecule has 2 aromatic rings. The van der Waals surface area contributed by atoms with Crippen molar-refractivity contribution >= 4 is 0 Å². The van der Waals surface area contributed by atoms with Crippen molar-refractivity contribution in [1.29, 1.82) is 0 Å². The minimum atomic E-state index is 0.942. The molecule has 3 heteroatoms. The Kier molecular flexibility index (Phi) is 4.54. The summed E-state index contributed by atoms with van der Waals surface area (Å²) < 4.78 is 2.11. The van der Waals surface area contributed by atoms with Crippen molar-refractivity contribution in [1.82, 2.24) is 14.5 Å². The Balaban J connectivity index is 0.000000531. The number of hydrogen-bond acceptors (Lipinski definition) is 2. The third kappa shape index (κ3) is 2.65. The highest BCUT2D eigenvalue weighted by molar-refractivity contribution is 5.54. The van der Waals surface area contributed by atoms with Crippen molar-refractivity contribution in [2.45, 2.75) is 27.3 Å². The fourth-order valence-electron chi connectivity index (χ4n) is 1.33. The second-order valence-corrected chi connectivity index (χ2v) is 2.77. The average molecular weight is 203 g/mol. The normalized spacial score (nSPS) is 9.27. The van der Waals surface area contributed by atoms with E-state index >= 15 is 0 Å². The van der Waals surface area contributed by atoms with E-state index in [1.807, 2.05) is 38.4 Å². The van der Waals surface area contributed by atoms with Gasteiger partial charge in [-0.1, -0.05) is 13.8 Å². The first kappa shape index (κ1) is 11.4. The number of hydrogen-bond donors (Lipinski definition) is 0. The van der Waals surface area contributed by atoms with Crippen LogP contribution in [-0.2, 0) is 6.54 Å². The minimum absolute atomic E-state index is 0.942. The number of nitrogens with zero attached hydrogens (tertiary/aromatic N) is 3. The Labute approximate surface area is 90.8 Å². The lowest BCUT2D eigenvalue weighted by Gasteiger charge is -2.03. The van der Waals surface area contributed by atoms with Crippen molar-refractivity contribution < 1.29 is 0 Å². The highest BCUT2D eigenvalue weighted by Gasteiger charge is 2.02. The summed E-state index contributed by atoms with van der Waals surface area (Å²) in [6.45, 7) is 7.05. The van der Waals surface area contributed by atoms with Crippen LogP contribution in [0.25, 0.3) is 11.4 Å². The fourth-order valence-corrected chi connectivity index (χ4v) is 1.33. The third-order valence-electron chi connectivity index (χ3n) is 1.99. The first-order valence-corrected chi connectivity index (χ1v) is 5.33. The first-order valence-electron chi connectivity index (χ1n) is 5.33. The van der Waals surface area contributed by atoms with Crippen molar-refractivity contribution in [2.24, 2.45) is 0 Å². The molecule has 0 bridgehead atoms. The molecular formula is C12H17N3. The van der Waals surface area contributed by atoms with Crippen molar-refractivity contribution in [2.75, 3.05) is 0 Å². The van der Waals surface area contributed by atoms with Gasteiger partial charge >= 0.3 is 0 Å². The second kappa shape index (κ2) is 5.96. The molecule has 0 aliphatic heterocycles. The number of aromatic nitrogens is 3. The summed E-state index contributed by atoms with van der Waals surface area (Å²) in [4.78, 5) is 8.27. The molecule has 0 aromatic carbocycles. The largest absolute Gasteiger partial charge is 0.331 e. The van der Waals surface area contributed by atoms with Gasteiger partial charge in [-0.25, -0.2) is 4.98 Å². The Hall–Kier alpha value is -1.64. The van der Waals surface area contributed by atoms with Crippen LogP contribution in [-0.4, -0.2) is 14.5 Å². The predicted molar refractivity (Wildman–Crippen MR) is 62.5 cm³/mol. The minimum Gasteiger partial charge on any atom is -0.331 e. The number of imidazole rings is 1. The zero-order valence-electron chi connectivity index (χ0n) is 9.51. The van der Waals surface area contributed by atoms with Gasteiger partial charge in [0, 0.05) is 36.9 Å². The summed E-state index contributed by atoms with van der Waals surface area (Å²) in [5.74, 6) is 1.00. The molecule has 80 valence electrons. The van der Waals surface area contributed by atoms with Gasteiger partial charge in [0.15, 0.2) is 0 Å². The van der Waals surface area contributed by atoms with Crippen LogP contribution < -0.4 is 0 Å². The summed E-state index contributed by atoms with van der Waals surface area (Å²) >= 11 is 0. The van der Waals surface area contributed by atoms with E-state index in [9.17, 15) is 0 Å². The summed E-state index contributed by atoms with van der Waals surface area (Å²) in [6, 6.07) is 3.93. The van der Waals surface area contributed by atoms with E-state index in [-0.39, 0.29) is 0 Å². The maximum atomic E-state index is 4.29. The highest BCUT2D eigenvalue weighted by atomic mass is 15.1. The Bertz CT molecular complexity index is 379. The van der Waals surface area contributed by atoms with E-state index < -0.39 is 0 Å². The zero-order chi connectivity index (χ0) is 11.1. The molecule has 0 fully saturated rings. The lowest BCUT2D eigenvalue weighted by Crippen LogP contribution is -1.95. The molecule has 0 unspecified atom stereocenters. The molecule has 0 saturated heterocycles. The van der Waals surface area contributed by atoms with Gasteiger partial charge in [0.25, 0.3) is 0 Å². The van der Waals surface area contributed by atoms with Crippen molar-refractivity contribution in [3.63, 3.8) is 0 Å². The molecule has 3 nitrogen and oxygen atoms in total. The van der Waals surface area contributed by atoms with E-state index in [4.69, 9.17) is 0 Å². The topological polar surface area (TPSA) is 30.7 Å². The Morgan fingerprint density at radius 2 is 1.80 bits per heavy atom. The molecule has 0 saturated carbocycles. The molecular weight excluding hydrogens is 186 g/mol. The fraction of sp³-hybridized carbons (Fsp3) is 0.333. The lowest BCUT2D eigenvalue weighted by molar-refractivity contribution is 0.770. The summed E-state index contributed by atoms with van der Waals surface area (Å²) in [6.07, 6.45) is 7.36. The van der Waals surface area contributed by atoms with Gasteiger partial charge in [0.05, 0.1) is 0 Å². The monoisotopic (exact) mass is 203 g/mol. The quantitative estimate of drug-likeness (QED) is 0.751. The average Bonchev–Trinajstić information content (AvgIpc) is 2.81. The predicted octanol–water partition coefficient (Wildman–Crippen LogP) is 2.99. The molecule has 2 aromatic heterocycles. The number of aryl methyl sites for hydroxylation is 1. The molecule has 0 N–H and O–H groups in total. The van der Waals surface area contributed by atoms with Gasteiger partial charge in [-0.2, -0.15) is 0 Å². The van der Waals surface area contributed by atoms with Crippen LogP contribution >= 0.6 is 0 Å². The Morgan fingerprint density at radius 1 is 1.13 bits per heavy atom. The van der Waals surface area contributed by atoms with Gasteiger partial charge in [-0.05, 0) is 19.1 Å². The smallest absolute Gasteiger partial charge is 0.139 e. The van der Waals surface area contributed by atoms with Gasteiger partial charge < -0.3 is 4.57 Å². The second-order valence-electron chi connectivity index (χ2n) is 2.77. The SMILES string of the molecule is CC.CCn1ccnc1-c1ccncc1. The standard InChI is InChI=1S/C10H11N3.C2H6/c1-2-13-8-7-12-10(13)9-3-5-11-6-4-9;1-2/h3-8H,2H2,1H3;1-2H3. The van der Waals surface area contributed by atoms with E-state index in [0.29, 0.717) is 0 Å². The van der Waals surface area contributed by atoms with E-state index in [1.54, 1.807) is 12.4 Å². The molecule has 0 aliphatic carbocycles.